The number of halogens is 1. The van der Waals surface area contributed by atoms with E-state index in [0.717, 1.165) is 0 Å². The van der Waals surface area contributed by atoms with E-state index in [0.29, 0.717) is 10.4 Å². The van der Waals surface area contributed by atoms with Gasteiger partial charge in [-0.15, -0.1) is 0 Å². The Balaban J connectivity index is 1.77. The zero-order valence-electron chi connectivity index (χ0n) is 11.8. The van der Waals surface area contributed by atoms with Gasteiger partial charge in [0.05, 0.1) is 18.7 Å². The molecule has 3 aromatic rings. The van der Waals surface area contributed by atoms with Crippen LogP contribution < -0.4 is 4.73 Å². The molecule has 2 heterocycles. The molecule has 0 aliphatic heterocycles. The van der Waals surface area contributed by atoms with E-state index in [-0.39, 0.29) is 23.9 Å². The lowest BCUT2D eigenvalue weighted by Crippen LogP contribution is -2.33. The Morgan fingerprint density at radius 2 is 2.13 bits per heavy atom. The van der Waals surface area contributed by atoms with E-state index < -0.39 is 5.97 Å². The van der Waals surface area contributed by atoms with E-state index in [4.69, 9.17) is 4.74 Å². The molecule has 7 nitrogen and oxygen atoms in total. The van der Waals surface area contributed by atoms with E-state index in [2.05, 4.69) is 9.97 Å². The molecule has 3 rings (SSSR count). The first-order valence-corrected chi connectivity index (χ1v) is 6.63. The number of esters is 1. The Hall–Kier alpha value is -3.29. The van der Waals surface area contributed by atoms with Gasteiger partial charge in [-0.3, -0.25) is 4.57 Å². The van der Waals surface area contributed by atoms with Crippen molar-refractivity contribution in [2.24, 2.45) is 0 Å². The van der Waals surface area contributed by atoms with Crippen molar-refractivity contribution in [1.82, 2.24) is 14.5 Å². The number of hydrogen-bond acceptors (Lipinski definition) is 5. The molecule has 0 unspecified atom stereocenters. The van der Waals surface area contributed by atoms with Crippen molar-refractivity contribution in [1.29, 1.82) is 0 Å². The molecule has 0 aliphatic carbocycles. The van der Waals surface area contributed by atoms with Crippen LogP contribution in [0.4, 0.5) is 4.39 Å². The lowest BCUT2D eigenvalue weighted by Gasteiger charge is -2.08. The average molecular weight is 314 g/mol. The molecule has 0 saturated heterocycles. The third kappa shape index (κ3) is 3.15. The number of imidazole rings is 1. The van der Waals surface area contributed by atoms with Gasteiger partial charge in [-0.1, -0.05) is 0 Å². The Morgan fingerprint density at radius 3 is 2.87 bits per heavy atom. The van der Waals surface area contributed by atoms with Crippen molar-refractivity contribution >= 4 is 5.97 Å². The Morgan fingerprint density at radius 1 is 1.35 bits per heavy atom. The van der Waals surface area contributed by atoms with Crippen molar-refractivity contribution < 1.29 is 18.7 Å². The quantitative estimate of drug-likeness (QED) is 0.413. The molecule has 0 N–H and O–H groups in total. The molecule has 8 heteroatoms. The lowest BCUT2D eigenvalue weighted by molar-refractivity contribution is -0.620. The molecule has 0 atom stereocenters. The van der Waals surface area contributed by atoms with Gasteiger partial charge >= 0.3 is 11.8 Å². The van der Waals surface area contributed by atoms with Crippen LogP contribution in [0.25, 0.3) is 5.69 Å². The highest BCUT2D eigenvalue weighted by atomic mass is 19.1. The SMILES string of the molecule is O=C(OCc1nccc[n+]1[O-])c1cncn1-c1ccc(F)cc1. The number of aromatic nitrogens is 4. The fraction of sp³-hybridized carbons (Fsp3) is 0.0667. The number of ether oxygens (including phenoxy) is 1. The molecule has 0 bridgehead atoms. The summed E-state index contributed by atoms with van der Waals surface area (Å²) in [5, 5.41) is 11.4. The maximum Gasteiger partial charge on any atom is 0.357 e. The zero-order valence-corrected chi connectivity index (χ0v) is 11.8. The molecule has 2 aromatic heterocycles. The summed E-state index contributed by atoms with van der Waals surface area (Å²) < 4.78 is 20.0. The summed E-state index contributed by atoms with van der Waals surface area (Å²) >= 11 is 0. The smallest absolute Gasteiger partial charge is 0.357 e. The highest BCUT2D eigenvalue weighted by molar-refractivity contribution is 5.88. The number of nitrogens with zero attached hydrogens (tertiary/aromatic N) is 4. The topological polar surface area (TPSA) is 83.9 Å². The predicted octanol–water partition coefficient (Wildman–Crippen LogP) is 1.40. The summed E-state index contributed by atoms with van der Waals surface area (Å²) in [6, 6.07) is 7.05. The van der Waals surface area contributed by atoms with Gasteiger partial charge in [-0.05, 0) is 29.2 Å². The predicted molar refractivity (Wildman–Crippen MR) is 75.8 cm³/mol. The summed E-state index contributed by atoms with van der Waals surface area (Å²) in [5.74, 6) is -0.987. The number of carbonyl (C=O) groups is 1. The number of hydrogen-bond donors (Lipinski definition) is 0. The van der Waals surface area contributed by atoms with Crippen molar-refractivity contribution in [2.75, 3.05) is 0 Å². The summed E-state index contributed by atoms with van der Waals surface area (Å²) in [4.78, 5) is 19.9. The fourth-order valence-corrected chi connectivity index (χ4v) is 1.95. The maximum absolute atomic E-state index is 13.0. The van der Waals surface area contributed by atoms with Gasteiger partial charge < -0.3 is 9.94 Å². The second-order valence-electron chi connectivity index (χ2n) is 4.56. The first-order valence-electron chi connectivity index (χ1n) is 6.63. The van der Waals surface area contributed by atoms with E-state index in [1.807, 2.05) is 0 Å². The molecule has 116 valence electrons. The van der Waals surface area contributed by atoms with Gasteiger partial charge in [0.25, 0.3) is 0 Å². The van der Waals surface area contributed by atoms with Gasteiger partial charge in [0.2, 0.25) is 0 Å². The summed E-state index contributed by atoms with van der Waals surface area (Å²) in [6.07, 6.45) is 5.44. The molecule has 0 amide bonds. The summed E-state index contributed by atoms with van der Waals surface area (Å²) in [7, 11) is 0. The van der Waals surface area contributed by atoms with Gasteiger partial charge in [0.15, 0.2) is 12.3 Å². The Bertz CT molecular complexity index is 833. The fourth-order valence-electron chi connectivity index (χ4n) is 1.95. The minimum atomic E-state index is -0.669. The van der Waals surface area contributed by atoms with E-state index in [1.165, 1.54) is 59.8 Å². The van der Waals surface area contributed by atoms with Crippen LogP contribution in [-0.2, 0) is 11.3 Å². The highest BCUT2D eigenvalue weighted by Gasteiger charge is 2.17. The van der Waals surface area contributed by atoms with Gasteiger partial charge in [0.1, 0.15) is 12.0 Å². The van der Waals surface area contributed by atoms with E-state index in [9.17, 15) is 14.4 Å². The normalized spacial score (nSPS) is 10.5. The monoisotopic (exact) mass is 314 g/mol. The third-order valence-electron chi connectivity index (χ3n) is 3.07. The van der Waals surface area contributed by atoms with Crippen LogP contribution in [0.15, 0.2) is 55.2 Å². The van der Waals surface area contributed by atoms with Crippen LogP contribution in [-0.4, -0.2) is 20.5 Å². The van der Waals surface area contributed by atoms with Crippen LogP contribution in [0.1, 0.15) is 16.3 Å². The van der Waals surface area contributed by atoms with Crippen molar-refractivity contribution in [3.63, 3.8) is 0 Å². The summed E-state index contributed by atoms with van der Waals surface area (Å²) in [6.45, 7) is -0.266. The second kappa shape index (κ2) is 6.22. The molecule has 0 spiro atoms. The number of rotatable bonds is 4. The lowest BCUT2D eigenvalue weighted by atomic mass is 10.3. The molecular weight excluding hydrogens is 303 g/mol. The summed E-state index contributed by atoms with van der Waals surface area (Å²) in [5.41, 5.74) is 0.720. The third-order valence-corrected chi connectivity index (χ3v) is 3.07. The maximum atomic E-state index is 13.0. The van der Waals surface area contributed by atoms with Crippen molar-refractivity contribution in [3.05, 3.63) is 77.8 Å². The number of benzene rings is 1. The van der Waals surface area contributed by atoms with E-state index in [1.54, 1.807) is 0 Å². The molecular formula is C15H11FN4O3. The largest absolute Gasteiger partial charge is 0.711 e. The van der Waals surface area contributed by atoms with Gasteiger partial charge in [0, 0.05) is 11.8 Å². The zero-order chi connectivity index (χ0) is 16.2. The highest BCUT2D eigenvalue weighted by Crippen LogP contribution is 2.13. The van der Waals surface area contributed by atoms with Gasteiger partial charge in [-0.2, -0.15) is 0 Å². The first kappa shape index (κ1) is 14.6. The Kier molecular flexibility index (Phi) is 3.96. The first-order chi connectivity index (χ1) is 11.1. The molecule has 1 aromatic carbocycles. The molecule has 0 radical (unpaired) electrons. The average Bonchev–Trinajstić information content (AvgIpc) is 3.04. The number of carbonyl (C=O) groups excluding carboxylic acids is 1. The van der Waals surface area contributed by atoms with Crippen LogP contribution >= 0.6 is 0 Å². The Labute approximate surface area is 130 Å². The van der Waals surface area contributed by atoms with Gasteiger partial charge in [-0.25, -0.2) is 18.9 Å². The van der Waals surface area contributed by atoms with Crippen LogP contribution in [0.2, 0.25) is 0 Å². The van der Waals surface area contributed by atoms with Crippen molar-refractivity contribution in [2.45, 2.75) is 6.61 Å². The van der Waals surface area contributed by atoms with Crippen LogP contribution in [0, 0.1) is 11.0 Å². The molecule has 23 heavy (non-hydrogen) atoms. The minimum Gasteiger partial charge on any atom is -0.711 e. The minimum absolute atomic E-state index is 0.0636. The molecule has 0 aliphatic rings. The second-order valence-corrected chi connectivity index (χ2v) is 4.56. The van der Waals surface area contributed by atoms with Crippen LogP contribution in [0.5, 0.6) is 0 Å². The molecule has 0 fully saturated rings. The molecule has 0 saturated carbocycles. The van der Waals surface area contributed by atoms with E-state index >= 15 is 0 Å². The van der Waals surface area contributed by atoms with Crippen LogP contribution in [0.3, 0.4) is 0 Å². The standard InChI is InChI=1S/C15H11FN4O3/c16-11-2-4-12(5-3-11)19-10-17-8-13(19)15(21)23-9-14-18-6-1-7-20(14)22/h1-8,10H,9H2. The van der Waals surface area contributed by atoms with Crippen molar-refractivity contribution in [3.8, 4) is 5.69 Å².